The molecule has 3 aromatic rings. The van der Waals surface area contributed by atoms with Crippen LogP contribution in [-0.2, 0) is 4.79 Å². The molecular formula is C18H17FN4O2. The van der Waals surface area contributed by atoms with E-state index < -0.39 is 0 Å². The number of hydrogen-bond acceptors (Lipinski definition) is 4. The van der Waals surface area contributed by atoms with Gasteiger partial charge in [-0.15, -0.1) is 0 Å². The topological polar surface area (TPSA) is 69.0 Å². The number of halogens is 1. The van der Waals surface area contributed by atoms with Crippen LogP contribution in [0.2, 0.25) is 0 Å². The molecule has 0 radical (unpaired) electrons. The number of carbonyl (C=O) groups excluding carboxylic acids is 1. The van der Waals surface area contributed by atoms with Crippen molar-refractivity contribution in [2.45, 2.75) is 13.0 Å². The van der Waals surface area contributed by atoms with Gasteiger partial charge in [-0.25, -0.2) is 14.1 Å². The van der Waals surface area contributed by atoms with Crippen molar-refractivity contribution in [1.82, 2.24) is 20.1 Å². The first-order valence-corrected chi connectivity index (χ1v) is 7.74. The van der Waals surface area contributed by atoms with Crippen molar-refractivity contribution in [3.8, 4) is 11.4 Å². The highest BCUT2D eigenvalue weighted by atomic mass is 19.1. The molecule has 0 spiro atoms. The Bertz CT molecular complexity index is 817. The maximum absolute atomic E-state index is 12.8. The molecule has 1 N–H and O–H groups in total. The third-order valence-electron chi connectivity index (χ3n) is 3.64. The van der Waals surface area contributed by atoms with Gasteiger partial charge in [-0.1, -0.05) is 12.1 Å². The largest absolute Gasteiger partial charge is 0.484 e. The summed E-state index contributed by atoms with van der Waals surface area (Å²) in [7, 11) is 0. The first-order valence-electron chi connectivity index (χ1n) is 7.74. The molecule has 25 heavy (non-hydrogen) atoms. The summed E-state index contributed by atoms with van der Waals surface area (Å²) in [6.45, 7) is 1.76. The molecule has 0 fully saturated rings. The number of carbonyl (C=O) groups is 1. The van der Waals surface area contributed by atoms with Crippen LogP contribution in [0.5, 0.6) is 5.75 Å². The van der Waals surface area contributed by atoms with Gasteiger partial charge in [0.15, 0.2) is 6.61 Å². The number of rotatable bonds is 6. The lowest BCUT2D eigenvalue weighted by Gasteiger charge is -2.15. The Hall–Kier alpha value is -3.22. The maximum Gasteiger partial charge on any atom is 0.258 e. The molecule has 0 bridgehead atoms. The third-order valence-corrected chi connectivity index (χ3v) is 3.64. The first kappa shape index (κ1) is 16.6. The number of benzene rings is 2. The van der Waals surface area contributed by atoms with Gasteiger partial charge in [-0.3, -0.25) is 4.79 Å². The second-order valence-corrected chi connectivity index (χ2v) is 5.46. The van der Waals surface area contributed by atoms with Crippen molar-refractivity contribution >= 4 is 5.91 Å². The fourth-order valence-corrected chi connectivity index (χ4v) is 2.30. The normalized spacial score (nSPS) is 11.8. The molecule has 0 saturated heterocycles. The molecule has 0 saturated carbocycles. The minimum atomic E-state index is -0.347. The summed E-state index contributed by atoms with van der Waals surface area (Å²) in [6.07, 6.45) is 3.09. The number of ether oxygens (including phenoxy) is 1. The van der Waals surface area contributed by atoms with E-state index in [2.05, 4.69) is 15.4 Å². The average Bonchev–Trinajstić information content (AvgIpc) is 3.16. The molecule has 3 rings (SSSR count). The zero-order valence-corrected chi connectivity index (χ0v) is 13.6. The van der Waals surface area contributed by atoms with Gasteiger partial charge in [0.25, 0.3) is 5.91 Å². The van der Waals surface area contributed by atoms with E-state index in [-0.39, 0.29) is 24.4 Å². The van der Waals surface area contributed by atoms with Crippen LogP contribution < -0.4 is 10.1 Å². The lowest BCUT2D eigenvalue weighted by Crippen LogP contribution is -2.31. The smallest absolute Gasteiger partial charge is 0.258 e. The summed E-state index contributed by atoms with van der Waals surface area (Å²) in [5.74, 6) is -0.154. The molecule has 2 aromatic carbocycles. The highest BCUT2D eigenvalue weighted by molar-refractivity contribution is 5.78. The summed E-state index contributed by atoms with van der Waals surface area (Å²) < 4.78 is 19.8. The Morgan fingerprint density at radius 2 is 1.92 bits per heavy atom. The highest BCUT2D eigenvalue weighted by Gasteiger charge is 2.10. The fraction of sp³-hybridized carbons (Fsp3) is 0.167. The molecule has 1 atom stereocenters. The first-order chi connectivity index (χ1) is 12.1. The summed E-state index contributed by atoms with van der Waals surface area (Å²) in [5, 5.41) is 6.92. The molecular weight excluding hydrogens is 323 g/mol. The highest BCUT2D eigenvalue weighted by Crippen LogP contribution is 2.15. The van der Waals surface area contributed by atoms with Crippen LogP contribution in [0.1, 0.15) is 18.5 Å². The van der Waals surface area contributed by atoms with Gasteiger partial charge in [-0.05, 0) is 48.9 Å². The van der Waals surface area contributed by atoms with Crippen molar-refractivity contribution < 1.29 is 13.9 Å². The van der Waals surface area contributed by atoms with Gasteiger partial charge in [-0.2, -0.15) is 5.10 Å². The molecule has 7 heteroatoms. The van der Waals surface area contributed by atoms with E-state index in [1.807, 2.05) is 31.2 Å². The standard InChI is InChI=1S/C18H17FN4O2/c1-13(14-2-6-16(7-3-14)23-12-20-11-21-23)22-18(24)10-25-17-8-4-15(19)5-9-17/h2-9,11-13H,10H2,1H3,(H,22,24)/t13-/m0/s1. The minimum Gasteiger partial charge on any atom is -0.484 e. The van der Waals surface area contributed by atoms with Crippen LogP contribution in [0.25, 0.3) is 5.69 Å². The van der Waals surface area contributed by atoms with Crippen molar-refractivity contribution in [2.75, 3.05) is 6.61 Å². The Morgan fingerprint density at radius 3 is 2.56 bits per heavy atom. The Morgan fingerprint density at radius 1 is 1.20 bits per heavy atom. The van der Waals surface area contributed by atoms with Crippen LogP contribution in [0.4, 0.5) is 4.39 Å². The van der Waals surface area contributed by atoms with E-state index >= 15 is 0 Å². The second-order valence-electron chi connectivity index (χ2n) is 5.46. The summed E-state index contributed by atoms with van der Waals surface area (Å²) in [4.78, 5) is 15.9. The van der Waals surface area contributed by atoms with E-state index in [4.69, 9.17) is 4.74 Å². The zero-order chi connectivity index (χ0) is 17.6. The number of aromatic nitrogens is 3. The molecule has 0 aliphatic rings. The maximum atomic E-state index is 12.8. The number of nitrogens with zero attached hydrogens (tertiary/aromatic N) is 3. The van der Waals surface area contributed by atoms with Crippen LogP contribution in [0, 0.1) is 5.82 Å². The van der Waals surface area contributed by atoms with Crippen LogP contribution in [0.15, 0.2) is 61.2 Å². The van der Waals surface area contributed by atoms with E-state index in [1.165, 1.54) is 30.6 Å². The molecule has 1 aromatic heterocycles. The quantitative estimate of drug-likeness (QED) is 0.749. The van der Waals surface area contributed by atoms with Crippen molar-refractivity contribution in [2.24, 2.45) is 0 Å². The van der Waals surface area contributed by atoms with Crippen molar-refractivity contribution in [3.63, 3.8) is 0 Å². The van der Waals surface area contributed by atoms with Gasteiger partial charge in [0, 0.05) is 0 Å². The van der Waals surface area contributed by atoms with Gasteiger partial charge >= 0.3 is 0 Å². The monoisotopic (exact) mass is 340 g/mol. The van der Waals surface area contributed by atoms with Crippen LogP contribution in [0.3, 0.4) is 0 Å². The molecule has 128 valence electrons. The van der Waals surface area contributed by atoms with Gasteiger partial charge in [0.1, 0.15) is 24.2 Å². The predicted molar refractivity (Wildman–Crippen MR) is 89.8 cm³/mol. The van der Waals surface area contributed by atoms with Crippen molar-refractivity contribution in [1.29, 1.82) is 0 Å². The molecule has 0 aliphatic carbocycles. The van der Waals surface area contributed by atoms with E-state index in [1.54, 1.807) is 11.0 Å². The molecule has 6 nitrogen and oxygen atoms in total. The predicted octanol–water partition coefficient (Wildman–Crippen LogP) is 2.66. The molecule has 1 heterocycles. The van der Waals surface area contributed by atoms with Gasteiger partial charge < -0.3 is 10.1 Å². The molecule has 0 aliphatic heterocycles. The Kier molecular flexibility index (Phi) is 5.03. The molecule has 1 amide bonds. The number of amides is 1. The minimum absolute atomic E-state index is 0.132. The lowest BCUT2D eigenvalue weighted by atomic mass is 10.1. The summed E-state index contributed by atoms with van der Waals surface area (Å²) in [6, 6.07) is 13.0. The average molecular weight is 340 g/mol. The van der Waals surface area contributed by atoms with E-state index in [0.29, 0.717) is 5.75 Å². The fourth-order valence-electron chi connectivity index (χ4n) is 2.30. The zero-order valence-electron chi connectivity index (χ0n) is 13.6. The second kappa shape index (κ2) is 7.57. The van der Waals surface area contributed by atoms with E-state index in [0.717, 1.165) is 11.3 Å². The summed E-state index contributed by atoms with van der Waals surface area (Å²) >= 11 is 0. The van der Waals surface area contributed by atoms with Gasteiger partial charge in [0.2, 0.25) is 0 Å². The summed E-state index contributed by atoms with van der Waals surface area (Å²) in [5.41, 5.74) is 1.85. The lowest BCUT2D eigenvalue weighted by molar-refractivity contribution is -0.123. The SMILES string of the molecule is C[C@H](NC(=O)COc1ccc(F)cc1)c1ccc(-n2cncn2)cc1. The molecule has 0 unspecified atom stereocenters. The van der Waals surface area contributed by atoms with Crippen molar-refractivity contribution in [3.05, 3.63) is 72.6 Å². The van der Waals surface area contributed by atoms with E-state index in [9.17, 15) is 9.18 Å². The Balaban J connectivity index is 1.53. The third kappa shape index (κ3) is 4.41. The van der Waals surface area contributed by atoms with Crippen LogP contribution in [-0.4, -0.2) is 27.3 Å². The van der Waals surface area contributed by atoms with Crippen LogP contribution >= 0.6 is 0 Å². The number of nitrogens with one attached hydrogen (secondary N) is 1. The van der Waals surface area contributed by atoms with Gasteiger partial charge in [0.05, 0.1) is 11.7 Å². The number of hydrogen-bond donors (Lipinski definition) is 1. The Labute approximate surface area is 144 Å².